The molecule has 7 heteroatoms. The average molecular weight is 356 g/mol. The van der Waals surface area contributed by atoms with Gasteiger partial charge in [-0.05, 0) is 42.8 Å². The average Bonchev–Trinajstić information content (AvgIpc) is 2.39. The first kappa shape index (κ1) is 17.4. The van der Waals surface area contributed by atoms with Gasteiger partial charge in [0.25, 0.3) is 5.69 Å². The van der Waals surface area contributed by atoms with Crippen molar-refractivity contribution in [1.29, 1.82) is 5.26 Å². The van der Waals surface area contributed by atoms with Crippen LogP contribution in [0.5, 0.6) is 5.75 Å². The fraction of sp³-hybridized carbons (Fsp3) is 0.500. The topological polar surface area (TPSA) is 88.2 Å². The fourth-order valence-corrected chi connectivity index (χ4v) is 2.24. The number of nitrogens with zero attached hydrogens (tertiary/aromatic N) is 2. The lowest BCUT2D eigenvalue weighted by Crippen LogP contribution is -2.45. The lowest BCUT2D eigenvalue weighted by atomic mass is 9.99. The predicted molar refractivity (Wildman–Crippen MR) is 83.2 cm³/mol. The van der Waals surface area contributed by atoms with Crippen molar-refractivity contribution < 1.29 is 9.66 Å². The zero-order valence-corrected chi connectivity index (χ0v) is 13.8. The molecule has 0 aromatic heterocycles. The Kier molecular flexibility index (Phi) is 6.12. The van der Waals surface area contributed by atoms with Crippen molar-refractivity contribution in [1.82, 2.24) is 5.32 Å². The van der Waals surface area contributed by atoms with Crippen LogP contribution in [0.1, 0.15) is 27.2 Å². The number of hydrogen-bond donors (Lipinski definition) is 1. The van der Waals surface area contributed by atoms with Crippen LogP contribution >= 0.6 is 15.9 Å². The molecule has 0 radical (unpaired) electrons. The highest BCUT2D eigenvalue weighted by atomic mass is 79.9. The Balaban J connectivity index is 2.69. The van der Waals surface area contributed by atoms with Gasteiger partial charge in [-0.15, -0.1) is 0 Å². The third-order valence-electron chi connectivity index (χ3n) is 2.84. The lowest BCUT2D eigenvalue weighted by Gasteiger charge is -2.25. The minimum Gasteiger partial charge on any atom is -0.492 e. The molecule has 0 bridgehead atoms. The number of ether oxygens (including phenoxy) is 1. The predicted octanol–water partition coefficient (Wildman–Crippen LogP) is 3.41. The number of rotatable bonds is 7. The molecule has 0 heterocycles. The van der Waals surface area contributed by atoms with E-state index < -0.39 is 10.5 Å². The number of nitro benzene ring substituents is 1. The van der Waals surface area contributed by atoms with Crippen LogP contribution in [0.4, 0.5) is 5.69 Å². The van der Waals surface area contributed by atoms with Crippen molar-refractivity contribution in [3.63, 3.8) is 0 Å². The molecule has 1 rings (SSSR count). The Labute approximate surface area is 132 Å². The van der Waals surface area contributed by atoms with Crippen LogP contribution in [0.25, 0.3) is 0 Å². The van der Waals surface area contributed by atoms with Gasteiger partial charge >= 0.3 is 0 Å². The molecule has 114 valence electrons. The van der Waals surface area contributed by atoms with Gasteiger partial charge in [0, 0.05) is 18.5 Å². The molecule has 1 N–H and O–H groups in total. The highest BCUT2D eigenvalue weighted by Gasteiger charge is 2.24. The minimum atomic E-state index is -0.693. The zero-order chi connectivity index (χ0) is 16.0. The van der Waals surface area contributed by atoms with Crippen molar-refractivity contribution in [2.45, 2.75) is 38.8 Å². The SMILES string of the molecule is CC(C)NC(C)(C#N)CCOc1cc([N+](=O)[O-])ccc1Br. The molecule has 0 saturated heterocycles. The number of nitrogens with one attached hydrogen (secondary N) is 1. The third-order valence-corrected chi connectivity index (χ3v) is 3.49. The second-order valence-corrected chi connectivity index (χ2v) is 6.07. The third kappa shape index (κ3) is 5.33. The molecular weight excluding hydrogens is 338 g/mol. The molecule has 1 aromatic rings. The summed E-state index contributed by atoms with van der Waals surface area (Å²) >= 11 is 3.29. The summed E-state index contributed by atoms with van der Waals surface area (Å²) in [5.41, 5.74) is -0.724. The Morgan fingerprint density at radius 3 is 2.76 bits per heavy atom. The molecule has 21 heavy (non-hydrogen) atoms. The van der Waals surface area contributed by atoms with Gasteiger partial charge in [-0.1, -0.05) is 0 Å². The molecule has 0 saturated carbocycles. The molecule has 0 fully saturated rings. The van der Waals surface area contributed by atoms with E-state index >= 15 is 0 Å². The van der Waals surface area contributed by atoms with Crippen molar-refractivity contribution in [2.75, 3.05) is 6.61 Å². The Bertz CT molecular complexity index is 557. The quantitative estimate of drug-likeness (QED) is 0.597. The summed E-state index contributed by atoms with van der Waals surface area (Å²) in [6.07, 6.45) is 0.469. The molecule has 0 aliphatic heterocycles. The van der Waals surface area contributed by atoms with Crippen LogP contribution in [0.3, 0.4) is 0 Å². The van der Waals surface area contributed by atoms with Gasteiger partial charge in [-0.2, -0.15) is 5.26 Å². The largest absolute Gasteiger partial charge is 0.492 e. The van der Waals surface area contributed by atoms with E-state index in [1.54, 1.807) is 13.0 Å². The van der Waals surface area contributed by atoms with Gasteiger partial charge in [0.15, 0.2) is 0 Å². The molecule has 0 amide bonds. The normalized spacial score (nSPS) is 13.5. The van der Waals surface area contributed by atoms with Gasteiger partial charge in [0.2, 0.25) is 0 Å². The molecule has 0 aliphatic rings. The first-order valence-electron chi connectivity index (χ1n) is 6.53. The summed E-state index contributed by atoms with van der Waals surface area (Å²) in [5.74, 6) is 0.397. The molecular formula is C14H18BrN3O3. The Hall–Kier alpha value is -1.65. The van der Waals surface area contributed by atoms with Gasteiger partial charge in [-0.3, -0.25) is 15.4 Å². The second kappa shape index (κ2) is 7.38. The summed E-state index contributed by atoms with van der Waals surface area (Å²) in [6.45, 7) is 6.02. The summed E-state index contributed by atoms with van der Waals surface area (Å²) < 4.78 is 6.21. The van der Waals surface area contributed by atoms with Crippen molar-refractivity contribution in [2.24, 2.45) is 0 Å². The standard InChI is InChI=1S/C14H18BrN3O3/c1-10(2)17-14(3,9-16)6-7-21-13-8-11(18(19)20)4-5-12(13)15/h4-5,8,10,17H,6-7H2,1-3H3. The van der Waals surface area contributed by atoms with Crippen molar-refractivity contribution in [3.05, 3.63) is 32.8 Å². The highest BCUT2D eigenvalue weighted by Crippen LogP contribution is 2.29. The van der Waals surface area contributed by atoms with E-state index in [1.807, 2.05) is 13.8 Å². The maximum absolute atomic E-state index is 10.7. The van der Waals surface area contributed by atoms with Gasteiger partial charge < -0.3 is 4.74 Å². The maximum Gasteiger partial charge on any atom is 0.273 e. The molecule has 0 aliphatic carbocycles. The number of halogens is 1. The zero-order valence-electron chi connectivity index (χ0n) is 12.2. The van der Waals surface area contributed by atoms with E-state index in [9.17, 15) is 15.4 Å². The smallest absolute Gasteiger partial charge is 0.273 e. The lowest BCUT2D eigenvalue weighted by molar-refractivity contribution is -0.385. The fourth-order valence-electron chi connectivity index (χ4n) is 1.88. The number of hydrogen-bond acceptors (Lipinski definition) is 5. The summed E-state index contributed by atoms with van der Waals surface area (Å²) in [6, 6.07) is 6.75. The summed E-state index contributed by atoms with van der Waals surface area (Å²) in [4.78, 5) is 10.3. The van der Waals surface area contributed by atoms with E-state index in [1.165, 1.54) is 12.1 Å². The summed E-state index contributed by atoms with van der Waals surface area (Å²) in [7, 11) is 0. The van der Waals surface area contributed by atoms with Crippen LogP contribution < -0.4 is 10.1 Å². The van der Waals surface area contributed by atoms with Crippen molar-refractivity contribution >= 4 is 21.6 Å². The first-order chi connectivity index (χ1) is 9.77. The molecule has 1 unspecified atom stereocenters. The maximum atomic E-state index is 10.7. The summed E-state index contributed by atoms with van der Waals surface area (Å²) in [5, 5.41) is 23.2. The second-order valence-electron chi connectivity index (χ2n) is 5.21. The van der Waals surface area contributed by atoms with Crippen LogP contribution in [0.2, 0.25) is 0 Å². The van der Waals surface area contributed by atoms with Gasteiger partial charge in [-0.25, -0.2) is 0 Å². The van der Waals surface area contributed by atoms with Crippen LogP contribution in [-0.2, 0) is 0 Å². The number of nitriles is 1. The monoisotopic (exact) mass is 355 g/mol. The molecule has 0 spiro atoms. The number of nitro groups is 1. The Morgan fingerprint density at radius 2 is 2.24 bits per heavy atom. The van der Waals surface area contributed by atoms with Crippen molar-refractivity contribution in [3.8, 4) is 11.8 Å². The molecule has 1 aromatic carbocycles. The Morgan fingerprint density at radius 1 is 1.57 bits per heavy atom. The van der Waals surface area contributed by atoms with E-state index in [4.69, 9.17) is 4.74 Å². The van der Waals surface area contributed by atoms with E-state index in [2.05, 4.69) is 27.3 Å². The van der Waals surface area contributed by atoms with Gasteiger partial charge in [0.1, 0.15) is 11.3 Å². The molecule has 1 atom stereocenters. The van der Waals surface area contributed by atoms with Crippen LogP contribution in [0, 0.1) is 21.4 Å². The van der Waals surface area contributed by atoms with Crippen LogP contribution in [-0.4, -0.2) is 23.1 Å². The number of non-ortho nitro benzene ring substituents is 1. The van der Waals surface area contributed by atoms with E-state index in [0.29, 0.717) is 16.6 Å². The molecule has 6 nitrogen and oxygen atoms in total. The van der Waals surface area contributed by atoms with Crippen LogP contribution in [0.15, 0.2) is 22.7 Å². The number of benzene rings is 1. The van der Waals surface area contributed by atoms with Gasteiger partial charge in [0.05, 0.1) is 28.1 Å². The first-order valence-corrected chi connectivity index (χ1v) is 7.32. The minimum absolute atomic E-state index is 0.0310. The highest BCUT2D eigenvalue weighted by molar-refractivity contribution is 9.10. The van der Waals surface area contributed by atoms with E-state index in [0.717, 1.165) is 0 Å². The van der Waals surface area contributed by atoms with E-state index in [-0.39, 0.29) is 18.3 Å².